The number of fused-ring (bicyclic) bond motifs is 4. The van der Waals surface area contributed by atoms with E-state index in [0.717, 1.165) is 45.7 Å². The lowest BCUT2D eigenvalue weighted by Crippen LogP contribution is -2.61. The second-order valence-electron chi connectivity index (χ2n) is 10.3. The van der Waals surface area contributed by atoms with Gasteiger partial charge in [-0.3, -0.25) is 19.5 Å². The molecular weight excluding hydrogens is 544 g/mol. The van der Waals surface area contributed by atoms with E-state index < -0.39 is 36.3 Å². The number of aliphatic imine (C=N–C) groups is 1. The van der Waals surface area contributed by atoms with Crippen LogP contribution in [0.1, 0.15) is 48.1 Å². The highest BCUT2D eigenvalue weighted by Crippen LogP contribution is 2.56. The summed E-state index contributed by atoms with van der Waals surface area (Å²) in [6.45, 7) is 2.81. The number of alkyl halides is 1. The van der Waals surface area contributed by atoms with E-state index in [9.17, 15) is 18.4 Å². The van der Waals surface area contributed by atoms with Gasteiger partial charge in [-0.2, -0.15) is 8.78 Å². The van der Waals surface area contributed by atoms with Gasteiger partial charge in [0.1, 0.15) is 5.69 Å². The minimum atomic E-state index is -1.64. The van der Waals surface area contributed by atoms with Crippen LogP contribution in [0.5, 0.6) is 5.75 Å². The number of anilines is 1. The lowest BCUT2D eigenvalue weighted by molar-refractivity contribution is -0.133. The van der Waals surface area contributed by atoms with Gasteiger partial charge in [0.15, 0.2) is 5.75 Å². The Labute approximate surface area is 223 Å². The van der Waals surface area contributed by atoms with Crippen LogP contribution in [0.4, 0.5) is 20.2 Å². The highest BCUT2D eigenvalue weighted by Gasteiger charge is 2.59. The van der Waals surface area contributed by atoms with Crippen LogP contribution >= 0.6 is 15.9 Å². The molecule has 0 amide bonds. The second kappa shape index (κ2) is 9.44. The Balaban J connectivity index is 1.65. The van der Waals surface area contributed by atoms with E-state index in [1.165, 1.54) is 0 Å². The lowest BCUT2D eigenvalue weighted by atomic mass is 9.75. The maximum Gasteiger partial charge on any atom is 0.315 e. The number of likely N-dealkylation sites (N-methyl/N-ethyl adjacent to an activating group) is 1. The highest BCUT2D eigenvalue weighted by atomic mass is 79.9. The number of hydrogen-bond donors (Lipinski definition) is 0. The Morgan fingerprint density at radius 3 is 2.59 bits per heavy atom. The van der Waals surface area contributed by atoms with Crippen LogP contribution in [0.2, 0.25) is 0 Å². The molecule has 0 aromatic heterocycles. The summed E-state index contributed by atoms with van der Waals surface area (Å²) in [5.41, 5.74) is 5.10. The fraction of sp³-hybridized carbons (Fsp3) is 0.393. The Morgan fingerprint density at radius 2 is 1.92 bits per heavy atom. The van der Waals surface area contributed by atoms with Crippen molar-refractivity contribution in [2.75, 3.05) is 25.0 Å². The number of nitrogens with zero attached hydrogens (tertiary/aromatic N) is 3. The van der Waals surface area contributed by atoms with Crippen molar-refractivity contribution >= 4 is 51.7 Å². The van der Waals surface area contributed by atoms with Crippen LogP contribution in [-0.4, -0.2) is 49.1 Å². The lowest BCUT2D eigenvalue weighted by Gasteiger charge is -2.46. The summed E-state index contributed by atoms with van der Waals surface area (Å²) in [6, 6.07) is 4.83. The van der Waals surface area contributed by atoms with Crippen LogP contribution in [0.3, 0.4) is 0 Å². The molecule has 1 atom stereocenters. The SMILES string of the molecule is CN1c2cccc(CBr)c2C(C)(C)C12C=Nc1c3c(cc(CN(CC(=O)F)CC(=O)F)c1O2)CCC=C3. The van der Waals surface area contributed by atoms with Crippen molar-refractivity contribution in [1.29, 1.82) is 0 Å². The number of hydrogen-bond acceptors (Lipinski definition) is 6. The van der Waals surface area contributed by atoms with Crippen LogP contribution in [0.15, 0.2) is 35.3 Å². The van der Waals surface area contributed by atoms with Crippen molar-refractivity contribution in [3.8, 4) is 5.75 Å². The third kappa shape index (κ3) is 4.12. The van der Waals surface area contributed by atoms with Gasteiger partial charge in [0.05, 0.1) is 24.7 Å². The summed E-state index contributed by atoms with van der Waals surface area (Å²) >= 11 is 3.62. The molecule has 3 aliphatic rings. The molecule has 1 spiro atoms. The third-order valence-corrected chi connectivity index (χ3v) is 8.29. The molecule has 0 N–H and O–H groups in total. The molecule has 0 bridgehead atoms. The van der Waals surface area contributed by atoms with Crippen LogP contribution < -0.4 is 9.64 Å². The summed E-state index contributed by atoms with van der Waals surface area (Å²) < 4.78 is 33.6. The fourth-order valence-electron chi connectivity index (χ4n) is 5.99. The fourth-order valence-corrected chi connectivity index (χ4v) is 6.45. The van der Waals surface area contributed by atoms with Gasteiger partial charge in [0, 0.05) is 35.7 Å². The molecule has 2 aliphatic heterocycles. The molecule has 194 valence electrons. The summed E-state index contributed by atoms with van der Waals surface area (Å²) in [6.07, 6.45) is 7.60. The van der Waals surface area contributed by atoms with E-state index >= 15 is 0 Å². The Morgan fingerprint density at radius 1 is 1.19 bits per heavy atom. The molecule has 1 unspecified atom stereocenters. The molecule has 6 nitrogen and oxygen atoms in total. The van der Waals surface area contributed by atoms with Gasteiger partial charge in [-0.15, -0.1) is 0 Å². The zero-order chi connectivity index (χ0) is 26.5. The first-order valence-corrected chi connectivity index (χ1v) is 13.3. The maximum absolute atomic E-state index is 13.3. The normalized spacial score (nSPS) is 20.6. The minimum Gasteiger partial charge on any atom is -0.459 e. The first-order chi connectivity index (χ1) is 17.6. The quantitative estimate of drug-likeness (QED) is 0.322. The van der Waals surface area contributed by atoms with Crippen LogP contribution in [0, 0.1) is 0 Å². The number of rotatable bonds is 7. The van der Waals surface area contributed by atoms with Gasteiger partial charge in [0.2, 0.25) is 5.72 Å². The number of carbonyl (C=O) groups is 2. The molecule has 37 heavy (non-hydrogen) atoms. The van der Waals surface area contributed by atoms with Crippen molar-refractivity contribution in [2.24, 2.45) is 4.99 Å². The number of carbonyl (C=O) groups excluding carboxylic acids is 2. The van der Waals surface area contributed by atoms with E-state index in [0.29, 0.717) is 22.3 Å². The second-order valence-corrected chi connectivity index (χ2v) is 10.8. The van der Waals surface area contributed by atoms with E-state index in [1.54, 1.807) is 0 Å². The summed E-state index contributed by atoms with van der Waals surface area (Å²) in [4.78, 5) is 30.7. The van der Waals surface area contributed by atoms with E-state index in [1.807, 2.05) is 31.5 Å². The molecule has 0 radical (unpaired) electrons. The zero-order valence-corrected chi connectivity index (χ0v) is 22.6. The minimum absolute atomic E-state index is 0.0417. The van der Waals surface area contributed by atoms with Crippen molar-refractivity contribution < 1.29 is 23.1 Å². The molecule has 9 heteroatoms. The molecule has 2 aromatic carbocycles. The molecule has 1 aliphatic carbocycles. The van der Waals surface area contributed by atoms with Crippen LogP contribution in [-0.2, 0) is 33.3 Å². The monoisotopic (exact) mass is 571 g/mol. The summed E-state index contributed by atoms with van der Waals surface area (Å²) in [5, 5.41) is 0.685. The molecule has 0 saturated heterocycles. The molecule has 0 saturated carbocycles. The van der Waals surface area contributed by atoms with Gasteiger partial charge in [-0.1, -0.05) is 46.3 Å². The molecule has 5 rings (SSSR count). The molecule has 0 fully saturated rings. The largest absolute Gasteiger partial charge is 0.459 e. The van der Waals surface area contributed by atoms with Crippen molar-refractivity contribution in [2.45, 2.75) is 49.7 Å². The van der Waals surface area contributed by atoms with Gasteiger partial charge < -0.3 is 9.64 Å². The smallest absolute Gasteiger partial charge is 0.315 e. The Hall–Kier alpha value is -2.91. The van der Waals surface area contributed by atoms with Crippen molar-refractivity contribution in [3.05, 3.63) is 58.2 Å². The van der Waals surface area contributed by atoms with Gasteiger partial charge in [0.25, 0.3) is 0 Å². The topological polar surface area (TPSA) is 62.2 Å². The molecule has 2 aromatic rings. The number of halogens is 3. The average molecular weight is 572 g/mol. The van der Waals surface area contributed by atoms with E-state index in [-0.39, 0.29) is 6.54 Å². The van der Waals surface area contributed by atoms with Crippen molar-refractivity contribution in [3.63, 3.8) is 0 Å². The first kappa shape index (κ1) is 25.7. The van der Waals surface area contributed by atoms with Crippen LogP contribution in [0.25, 0.3) is 6.08 Å². The Bertz CT molecular complexity index is 1340. The van der Waals surface area contributed by atoms with E-state index in [2.05, 4.69) is 52.9 Å². The van der Waals surface area contributed by atoms with E-state index in [4.69, 9.17) is 9.73 Å². The molecular formula is C28H28BrF2N3O3. The number of aryl methyl sites for hydroxylation is 1. The third-order valence-electron chi connectivity index (χ3n) is 7.69. The Kier molecular flexibility index (Phi) is 6.56. The number of allylic oxidation sites excluding steroid dienone is 1. The number of ether oxygens (including phenoxy) is 1. The summed E-state index contributed by atoms with van der Waals surface area (Å²) in [5.74, 6) is 0.489. The standard InChI is InChI=1S/C28H28BrF2N3O3/c1-27(2)24-18(12-29)8-6-10-21(24)33(3)28(27)16-32-25-20-9-5-4-7-17(20)11-19(26(25)37-28)13-34(14-22(30)35)15-23(31)36/h5-6,8-11,16H,4,7,12-15H2,1-3H3. The molecule has 2 heterocycles. The highest BCUT2D eigenvalue weighted by molar-refractivity contribution is 9.08. The van der Waals surface area contributed by atoms with Gasteiger partial charge in [-0.25, -0.2) is 0 Å². The summed E-state index contributed by atoms with van der Waals surface area (Å²) in [7, 11) is 1.97. The predicted molar refractivity (Wildman–Crippen MR) is 143 cm³/mol. The average Bonchev–Trinajstić information content (AvgIpc) is 3.01. The van der Waals surface area contributed by atoms with Gasteiger partial charge in [-0.05, 0) is 49.4 Å². The maximum atomic E-state index is 13.3. The first-order valence-electron chi connectivity index (χ1n) is 12.2. The predicted octanol–water partition coefficient (Wildman–Crippen LogP) is 5.55. The number of benzene rings is 2. The van der Waals surface area contributed by atoms with Gasteiger partial charge >= 0.3 is 12.1 Å². The zero-order valence-electron chi connectivity index (χ0n) is 21.0. The van der Waals surface area contributed by atoms with Crippen molar-refractivity contribution in [1.82, 2.24) is 4.90 Å².